The predicted molar refractivity (Wildman–Crippen MR) is 55.2 cm³/mol. The Bertz CT molecular complexity index is 478. The fourth-order valence-electron chi connectivity index (χ4n) is 1.28. The molecule has 0 saturated heterocycles. The third-order valence-electron chi connectivity index (χ3n) is 1.87. The van der Waals surface area contributed by atoms with Gasteiger partial charge in [-0.25, -0.2) is 4.98 Å². The summed E-state index contributed by atoms with van der Waals surface area (Å²) < 4.78 is 0. The molecule has 70 valence electrons. The lowest BCUT2D eigenvalue weighted by molar-refractivity contribution is 1.11. The summed E-state index contributed by atoms with van der Waals surface area (Å²) in [6.07, 6.45) is 2.02. The minimum absolute atomic E-state index is 0.106. The lowest BCUT2D eigenvalue weighted by Gasteiger charge is -2.00. The first-order chi connectivity index (χ1) is 6.75. The lowest BCUT2D eigenvalue weighted by atomic mass is 10.2. The molecule has 1 aromatic heterocycles. The lowest BCUT2D eigenvalue weighted by Crippen LogP contribution is -2.13. The highest BCUT2D eigenvalue weighted by Gasteiger charge is 1.99. The molecule has 0 aliphatic heterocycles. The molecule has 0 radical (unpaired) electrons. The minimum Gasteiger partial charge on any atom is -0.387 e. The third kappa shape index (κ3) is 1.69. The molecule has 3 N–H and O–H groups in total. The number of nitrogens with one attached hydrogen (secondary N) is 1. The van der Waals surface area contributed by atoms with Gasteiger partial charge in [-0.1, -0.05) is 12.1 Å². The number of hydrogen-bond donors (Lipinski definition) is 2. The first kappa shape index (κ1) is 8.62. The molecular weight excluding hydrogens is 176 g/mol. The number of aromatic nitrogens is 2. The van der Waals surface area contributed by atoms with Crippen molar-refractivity contribution in [2.24, 2.45) is 5.73 Å². The van der Waals surface area contributed by atoms with Gasteiger partial charge in [0.15, 0.2) is 0 Å². The summed E-state index contributed by atoms with van der Waals surface area (Å²) in [5.74, 6) is 0.106. The van der Waals surface area contributed by atoms with Crippen molar-refractivity contribution in [3.05, 3.63) is 36.2 Å². The molecule has 2 rings (SSSR count). The van der Waals surface area contributed by atoms with Gasteiger partial charge in [0.25, 0.3) is 0 Å². The molecular formula is C10H10N4. The topological polar surface area (TPSA) is 75.7 Å². The highest BCUT2D eigenvalue weighted by Crippen LogP contribution is 2.08. The van der Waals surface area contributed by atoms with Crippen LogP contribution in [-0.2, 0) is 6.42 Å². The first-order valence-corrected chi connectivity index (χ1v) is 4.29. The fraction of sp³-hybridized carbons (Fsp3) is 0.100. The van der Waals surface area contributed by atoms with E-state index < -0.39 is 0 Å². The number of nitrogens with zero attached hydrogens (tertiary/aromatic N) is 2. The van der Waals surface area contributed by atoms with Crippen LogP contribution >= 0.6 is 0 Å². The smallest absolute Gasteiger partial charge is 0.0966 e. The Hall–Kier alpha value is -1.97. The Morgan fingerprint density at radius 3 is 2.71 bits per heavy atom. The quantitative estimate of drug-likeness (QED) is 0.545. The Morgan fingerprint density at radius 2 is 2.00 bits per heavy atom. The van der Waals surface area contributed by atoms with Gasteiger partial charge in [0.1, 0.15) is 0 Å². The summed E-state index contributed by atoms with van der Waals surface area (Å²) in [5, 5.41) is 7.15. The summed E-state index contributed by atoms with van der Waals surface area (Å²) >= 11 is 0. The number of para-hydroxylation sites is 2. The van der Waals surface area contributed by atoms with E-state index in [-0.39, 0.29) is 5.84 Å². The van der Waals surface area contributed by atoms with Crippen LogP contribution < -0.4 is 5.73 Å². The van der Waals surface area contributed by atoms with Crippen LogP contribution in [0.3, 0.4) is 0 Å². The molecule has 2 aromatic rings. The molecule has 0 spiro atoms. The van der Waals surface area contributed by atoms with Crippen LogP contribution in [0.5, 0.6) is 0 Å². The Kier molecular flexibility index (Phi) is 2.10. The van der Waals surface area contributed by atoms with Crippen LogP contribution in [0.25, 0.3) is 11.0 Å². The van der Waals surface area contributed by atoms with Crippen LogP contribution in [0.1, 0.15) is 5.69 Å². The number of nitrogens with two attached hydrogens (primary N) is 1. The van der Waals surface area contributed by atoms with E-state index in [9.17, 15) is 0 Å². The molecule has 0 fully saturated rings. The summed E-state index contributed by atoms with van der Waals surface area (Å²) in [4.78, 5) is 8.55. The van der Waals surface area contributed by atoms with Crippen LogP contribution in [0.2, 0.25) is 0 Å². The highest BCUT2D eigenvalue weighted by molar-refractivity contribution is 5.80. The molecule has 0 aliphatic carbocycles. The van der Waals surface area contributed by atoms with Crippen molar-refractivity contribution in [1.29, 1.82) is 5.41 Å². The fourth-order valence-corrected chi connectivity index (χ4v) is 1.28. The van der Waals surface area contributed by atoms with Gasteiger partial charge >= 0.3 is 0 Å². The first-order valence-electron chi connectivity index (χ1n) is 4.29. The number of rotatable bonds is 2. The number of amidine groups is 1. The molecule has 0 aliphatic rings. The zero-order valence-electron chi connectivity index (χ0n) is 7.57. The largest absolute Gasteiger partial charge is 0.387 e. The summed E-state index contributed by atoms with van der Waals surface area (Å²) in [6, 6.07) is 7.63. The number of benzene rings is 1. The SMILES string of the molecule is N=C(N)Cc1cnc2ccccc2n1. The van der Waals surface area contributed by atoms with Crippen LogP contribution in [0.4, 0.5) is 0 Å². The van der Waals surface area contributed by atoms with Crippen molar-refractivity contribution < 1.29 is 0 Å². The van der Waals surface area contributed by atoms with Crippen LogP contribution in [-0.4, -0.2) is 15.8 Å². The molecule has 0 saturated carbocycles. The highest BCUT2D eigenvalue weighted by atomic mass is 14.8. The molecule has 4 nitrogen and oxygen atoms in total. The van der Waals surface area contributed by atoms with E-state index in [0.717, 1.165) is 16.7 Å². The van der Waals surface area contributed by atoms with E-state index in [1.165, 1.54) is 0 Å². The van der Waals surface area contributed by atoms with Gasteiger partial charge in [0.05, 0.1) is 22.6 Å². The molecule has 0 bridgehead atoms. The van der Waals surface area contributed by atoms with Crippen molar-refractivity contribution >= 4 is 16.9 Å². The summed E-state index contributed by atoms with van der Waals surface area (Å²) in [6.45, 7) is 0. The summed E-state index contributed by atoms with van der Waals surface area (Å²) in [7, 11) is 0. The molecule has 0 atom stereocenters. The van der Waals surface area contributed by atoms with Gasteiger partial charge in [-0.05, 0) is 12.1 Å². The Morgan fingerprint density at radius 1 is 1.29 bits per heavy atom. The number of fused-ring (bicyclic) bond motifs is 1. The molecule has 0 unspecified atom stereocenters. The standard InChI is InChI=1S/C10H10N4/c11-10(12)5-7-6-13-8-3-1-2-4-9(8)14-7/h1-4,6H,5H2,(H3,11,12). The second-order valence-corrected chi connectivity index (χ2v) is 3.05. The molecule has 14 heavy (non-hydrogen) atoms. The molecule has 4 heteroatoms. The second-order valence-electron chi connectivity index (χ2n) is 3.05. The zero-order valence-corrected chi connectivity index (χ0v) is 7.57. The van der Waals surface area contributed by atoms with E-state index in [4.69, 9.17) is 11.1 Å². The van der Waals surface area contributed by atoms with Crippen molar-refractivity contribution in [3.8, 4) is 0 Å². The van der Waals surface area contributed by atoms with Gasteiger partial charge in [-0.2, -0.15) is 0 Å². The van der Waals surface area contributed by atoms with E-state index in [1.54, 1.807) is 6.20 Å². The normalized spacial score (nSPS) is 10.3. The van der Waals surface area contributed by atoms with E-state index in [1.807, 2.05) is 24.3 Å². The van der Waals surface area contributed by atoms with Crippen LogP contribution in [0.15, 0.2) is 30.5 Å². The maximum atomic E-state index is 7.15. The zero-order chi connectivity index (χ0) is 9.97. The van der Waals surface area contributed by atoms with Gasteiger partial charge in [0.2, 0.25) is 0 Å². The van der Waals surface area contributed by atoms with Gasteiger partial charge in [-0.3, -0.25) is 10.4 Å². The van der Waals surface area contributed by atoms with E-state index >= 15 is 0 Å². The Balaban J connectivity index is 2.46. The molecule has 0 amide bonds. The summed E-state index contributed by atoms with van der Waals surface area (Å²) in [5.41, 5.74) is 7.72. The van der Waals surface area contributed by atoms with Crippen molar-refractivity contribution in [3.63, 3.8) is 0 Å². The maximum absolute atomic E-state index is 7.15. The maximum Gasteiger partial charge on any atom is 0.0966 e. The average Bonchev–Trinajstić information content (AvgIpc) is 2.17. The minimum atomic E-state index is 0.106. The van der Waals surface area contributed by atoms with E-state index in [0.29, 0.717) is 6.42 Å². The van der Waals surface area contributed by atoms with Gasteiger partial charge in [0, 0.05) is 12.6 Å². The van der Waals surface area contributed by atoms with Crippen LogP contribution in [0, 0.1) is 5.41 Å². The van der Waals surface area contributed by atoms with Gasteiger partial charge in [-0.15, -0.1) is 0 Å². The average molecular weight is 186 g/mol. The van der Waals surface area contributed by atoms with Crippen molar-refractivity contribution in [1.82, 2.24) is 9.97 Å². The van der Waals surface area contributed by atoms with E-state index in [2.05, 4.69) is 9.97 Å². The second kappa shape index (κ2) is 3.41. The monoisotopic (exact) mass is 186 g/mol. The molecule has 1 aromatic carbocycles. The number of hydrogen-bond acceptors (Lipinski definition) is 3. The third-order valence-corrected chi connectivity index (χ3v) is 1.87. The molecule has 1 heterocycles. The van der Waals surface area contributed by atoms with Crippen molar-refractivity contribution in [2.75, 3.05) is 0 Å². The predicted octanol–water partition coefficient (Wildman–Crippen LogP) is 1.11. The van der Waals surface area contributed by atoms with Crippen molar-refractivity contribution in [2.45, 2.75) is 6.42 Å². The van der Waals surface area contributed by atoms with Gasteiger partial charge < -0.3 is 5.73 Å². The Labute approximate surface area is 81.3 Å².